The van der Waals surface area contributed by atoms with Gasteiger partial charge in [-0.1, -0.05) is 40.9 Å². The summed E-state index contributed by atoms with van der Waals surface area (Å²) >= 11 is 18.7. The first kappa shape index (κ1) is 12.7. The molecule has 1 atom stereocenters. The van der Waals surface area contributed by atoms with Crippen LogP contribution >= 0.6 is 34.8 Å². The lowest BCUT2D eigenvalue weighted by Gasteiger charge is -2.23. The summed E-state index contributed by atoms with van der Waals surface area (Å²) in [5.41, 5.74) is 0.949. The van der Waals surface area contributed by atoms with E-state index < -0.39 is 11.0 Å². The molecule has 1 unspecified atom stereocenters. The number of esters is 1. The number of hydrogen-bond donors (Lipinski definition) is 0. The monoisotopic (exact) mass is 314 g/mol. The van der Waals surface area contributed by atoms with Crippen LogP contribution in [0.1, 0.15) is 21.5 Å². The first-order valence-corrected chi connectivity index (χ1v) is 6.35. The molecule has 0 amide bonds. The largest absolute Gasteiger partial charge is 0.430 e. The Morgan fingerprint density at radius 3 is 2.42 bits per heavy atom. The maximum atomic E-state index is 11.8. The second kappa shape index (κ2) is 4.34. The van der Waals surface area contributed by atoms with Crippen molar-refractivity contribution in [3.05, 3.63) is 57.3 Å². The van der Waals surface area contributed by atoms with Crippen molar-refractivity contribution in [3.63, 3.8) is 0 Å². The normalized spacial score (nSPS) is 21.1. The van der Waals surface area contributed by atoms with E-state index in [2.05, 4.69) is 10.2 Å². The zero-order valence-electron chi connectivity index (χ0n) is 9.23. The molecule has 19 heavy (non-hydrogen) atoms. The highest BCUT2D eigenvalue weighted by atomic mass is 35.5. The van der Waals surface area contributed by atoms with Crippen LogP contribution in [0.4, 0.5) is 0 Å². The van der Waals surface area contributed by atoms with Crippen molar-refractivity contribution >= 4 is 40.8 Å². The first-order valence-electron chi connectivity index (χ1n) is 5.22. The Bertz CT molecular complexity index is 672. The van der Waals surface area contributed by atoms with E-state index in [1.807, 2.05) is 0 Å². The lowest BCUT2D eigenvalue weighted by atomic mass is 10.0. The summed E-state index contributed by atoms with van der Waals surface area (Å²) in [6.45, 7) is 0. The van der Waals surface area contributed by atoms with Crippen LogP contribution in [-0.4, -0.2) is 16.2 Å². The molecule has 0 aliphatic carbocycles. The molecule has 2 aromatic rings. The Hall–Kier alpha value is -1.36. The number of carbonyl (C=O) groups excluding carboxylic acids is 1. The van der Waals surface area contributed by atoms with Crippen LogP contribution in [0.3, 0.4) is 0 Å². The summed E-state index contributed by atoms with van der Waals surface area (Å²) in [4.78, 5) is 11.8. The van der Waals surface area contributed by atoms with Crippen molar-refractivity contribution in [2.75, 3.05) is 0 Å². The Kier molecular flexibility index (Phi) is 2.89. The molecule has 4 nitrogen and oxygen atoms in total. The number of rotatable bonds is 1. The topological polar surface area (TPSA) is 52.1 Å². The molecule has 7 heteroatoms. The number of nitrogens with zero attached hydrogens (tertiary/aromatic N) is 2. The molecule has 0 saturated carbocycles. The van der Waals surface area contributed by atoms with E-state index in [1.54, 1.807) is 18.2 Å². The zero-order chi connectivity index (χ0) is 13.6. The van der Waals surface area contributed by atoms with Gasteiger partial charge < -0.3 is 4.74 Å². The predicted octanol–water partition coefficient (Wildman–Crippen LogP) is 3.39. The van der Waals surface area contributed by atoms with E-state index in [4.69, 9.17) is 39.5 Å². The SMILES string of the molecule is O=C1OC(Cl)(c2c(Cl)cccc2Cl)c2cnncc21. The average molecular weight is 316 g/mol. The maximum absolute atomic E-state index is 11.8. The third kappa shape index (κ3) is 1.79. The standard InChI is InChI=1S/C12H5Cl3N2O2/c13-8-2-1-3-9(14)10(8)12(15)7-5-17-16-4-6(7)11(18)19-12/h1-5H. The van der Waals surface area contributed by atoms with E-state index in [0.717, 1.165) is 0 Å². The molecule has 2 heterocycles. The number of aromatic nitrogens is 2. The van der Waals surface area contributed by atoms with Gasteiger partial charge in [-0.25, -0.2) is 4.79 Å². The predicted molar refractivity (Wildman–Crippen MR) is 70.5 cm³/mol. The van der Waals surface area contributed by atoms with Crippen LogP contribution in [0.25, 0.3) is 0 Å². The minimum atomic E-state index is -1.57. The number of halogens is 3. The van der Waals surface area contributed by atoms with Gasteiger partial charge >= 0.3 is 5.97 Å². The molecule has 0 fully saturated rings. The van der Waals surface area contributed by atoms with Gasteiger partial charge in [0.05, 0.1) is 39.1 Å². The Morgan fingerprint density at radius 2 is 1.74 bits per heavy atom. The summed E-state index contributed by atoms with van der Waals surface area (Å²) in [7, 11) is 0. The van der Waals surface area contributed by atoms with Gasteiger partial charge in [0.15, 0.2) is 0 Å². The van der Waals surface area contributed by atoms with E-state index in [0.29, 0.717) is 21.2 Å². The number of benzene rings is 1. The highest BCUT2D eigenvalue weighted by Gasteiger charge is 2.48. The molecule has 1 aliphatic heterocycles. The fourth-order valence-electron chi connectivity index (χ4n) is 1.97. The van der Waals surface area contributed by atoms with Crippen LogP contribution < -0.4 is 0 Å². The van der Waals surface area contributed by atoms with E-state index in [1.165, 1.54) is 12.4 Å². The quantitative estimate of drug-likeness (QED) is 0.598. The van der Waals surface area contributed by atoms with Crippen LogP contribution in [0.5, 0.6) is 0 Å². The van der Waals surface area contributed by atoms with Crippen molar-refractivity contribution < 1.29 is 9.53 Å². The smallest absolute Gasteiger partial charge is 0.342 e. The minimum absolute atomic E-state index is 0.251. The molecule has 3 rings (SSSR count). The molecule has 1 aliphatic rings. The second-order valence-electron chi connectivity index (χ2n) is 3.90. The van der Waals surface area contributed by atoms with E-state index in [-0.39, 0.29) is 5.56 Å². The summed E-state index contributed by atoms with van der Waals surface area (Å²) < 4.78 is 5.24. The van der Waals surface area contributed by atoms with Gasteiger partial charge in [-0.3, -0.25) is 0 Å². The highest BCUT2D eigenvalue weighted by molar-refractivity contribution is 6.39. The first-order chi connectivity index (χ1) is 9.04. The van der Waals surface area contributed by atoms with Crippen LogP contribution in [0.15, 0.2) is 30.6 Å². The third-order valence-electron chi connectivity index (χ3n) is 2.81. The molecule has 0 spiro atoms. The summed E-state index contributed by atoms with van der Waals surface area (Å²) in [6, 6.07) is 4.91. The van der Waals surface area contributed by atoms with Crippen molar-refractivity contribution in [1.82, 2.24) is 10.2 Å². The zero-order valence-corrected chi connectivity index (χ0v) is 11.5. The van der Waals surface area contributed by atoms with Crippen molar-refractivity contribution in [2.24, 2.45) is 0 Å². The number of alkyl halides is 1. The van der Waals surface area contributed by atoms with E-state index >= 15 is 0 Å². The second-order valence-corrected chi connectivity index (χ2v) is 5.24. The minimum Gasteiger partial charge on any atom is -0.430 e. The summed E-state index contributed by atoms with van der Waals surface area (Å²) in [5.74, 6) is -0.587. The molecule has 0 N–H and O–H groups in total. The van der Waals surface area contributed by atoms with Gasteiger partial charge in [0.1, 0.15) is 0 Å². The number of carbonyl (C=O) groups is 1. The van der Waals surface area contributed by atoms with Crippen molar-refractivity contribution in [2.45, 2.75) is 5.06 Å². The fourth-order valence-corrected chi connectivity index (χ4v) is 3.15. The van der Waals surface area contributed by atoms with Crippen molar-refractivity contribution in [3.8, 4) is 0 Å². The molecular formula is C12H5Cl3N2O2. The van der Waals surface area contributed by atoms with E-state index in [9.17, 15) is 4.79 Å². The van der Waals surface area contributed by atoms with Crippen LogP contribution in [0.2, 0.25) is 10.0 Å². The third-order valence-corrected chi connectivity index (χ3v) is 3.91. The molecule has 0 bridgehead atoms. The molecule has 1 aromatic heterocycles. The molecule has 0 radical (unpaired) electrons. The van der Waals surface area contributed by atoms with Crippen LogP contribution in [0, 0.1) is 0 Å². The van der Waals surface area contributed by atoms with Crippen LogP contribution in [-0.2, 0) is 9.80 Å². The van der Waals surface area contributed by atoms with Gasteiger partial charge in [0, 0.05) is 0 Å². The number of cyclic esters (lactones) is 1. The maximum Gasteiger partial charge on any atom is 0.342 e. The Morgan fingerprint density at radius 1 is 1.11 bits per heavy atom. The summed E-state index contributed by atoms with van der Waals surface area (Å²) in [5, 5.41) is 6.39. The van der Waals surface area contributed by atoms with Gasteiger partial charge in [-0.15, -0.1) is 0 Å². The lowest BCUT2D eigenvalue weighted by molar-refractivity contribution is 0.0366. The van der Waals surface area contributed by atoms with Gasteiger partial charge in [-0.2, -0.15) is 10.2 Å². The fraction of sp³-hybridized carbons (Fsp3) is 0.0833. The Balaban J connectivity index is 2.29. The van der Waals surface area contributed by atoms with Gasteiger partial charge in [0.25, 0.3) is 0 Å². The number of hydrogen-bond acceptors (Lipinski definition) is 4. The molecular weight excluding hydrogens is 311 g/mol. The van der Waals surface area contributed by atoms with Gasteiger partial charge in [-0.05, 0) is 12.1 Å². The molecule has 1 aromatic carbocycles. The van der Waals surface area contributed by atoms with Gasteiger partial charge in [0.2, 0.25) is 5.06 Å². The number of ether oxygens (including phenoxy) is 1. The molecule has 0 saturated heterocycles. The summed E-state index contributed by atoms with van der Waals surface area (Å²) in [6.07, 6.45) is 2.67. The Labute approximate surface area is 123 Å². The van der Waals surface area contributed by atoms with Crippen molar-refractivity contribution in [1.29, 1.82) is 0 Å². The molecule has 96 valence electrons. The number of fused-ring (bicyclic) bond motifs is 1. The lowest BCUT2D eigenvalue weighted by Crippen LogP contribution is -2.21. The highest BCUT2D eigenvalue weighted by Crippen LogP contribution is 2.49. The average Bonchev–Trinajstić information content (AvgIpc) is 2.63.